The van der Waals surface area contributed by atoms with Gasteiger partial charge >= 0.3 is 0 Å². The Labute approximate surface area is 61.3 Å². The Balaban J connectivity index is 2.04. The Morgan fingerprint density at radius 2 is 2.44 bits per heavy atom. The summed E-state index contributed by atoms with van der Waals surface area (Å²) in [6.07, 6.45) is 3.76. The topological polar surface area (TPSA) is 0 Å². The molecule has 2 aliphatic heterocycles. The smallest absolute Gasteiger partial charge is 0.188 e. The minimum absolute atomic E-state index is 0.317. The Hall–Kier alpha value is 0.370. The summed E-state index contributed by atoms with van der Waals surface area (Å²) in [6, 6.07) is 0. The summed E-state index contributed by atoms with van der Waals surface area (Å²) in [4.78, 5) is 0. The number of halogens is 1. The Morgan fingerprint density at radius 1 is 1.56 bits per heavy atom. The number of thioether (sulfide) groups is 2. The Morgan fingerprint density at radius 3 is 3.22 bits per heavy atom. The van der Waals surface area contributed by atoms with Crippen molar-refractivity contribution in [3.8, 4) is 0 Å². The minimum atomic E-state index is -0.926. The summed E-state index contributed by atoms with van der Waals surface area (Å²) < 4.78 is 13.1. The molecule has 0 aromatic carbocycles. The zero-order chi connectivity index (χ0) is 6.06. The normalized spacial score (nSPS) is 66.6. The quantitative estimate of drug-likeness (QED) is 0.391. The summed E-state index contributed by atoms with van der Waals surface area (Å²) in [7, 11) is 0. The van der Waals surface area contributed by atoms with Crippen molar-refractivity contribution >= 4 is 23.5 Å². The third kappa shape index (κ3) is 0.528. The first-order valence-corrected chi connectivity index (χ1v) is 4.83. The second-order valence-electron chi connectivity index (χ2n) is 2.66. The first-order chi connectivity index (χ1) is 4.30. The van der Waals surface area contributed by atoms with E-state index in [2.05, 4.69) is 0 Å². The van der Waals surface area contributed by atoms with Gasteiger partial charge in [-0.15, -0.1) is 23.5 Å². The van der Waals surface area contributed by atoms with Gasteiger partial charge in [0.15, 0.2) is 5.00 Å². The number of fused-ring (bicyclic) bond motifs is 3. The monoisotopic (exact) mass is 160 g/mol. The van der Waals surface area contributed by atoms with Crippen LogP contribution in [0, 0.1) is 0 Å². The van der Waals surface area contributed by atoms with Gasteiger partial charge < -0.3 is 0 Å². The van der Waals surface area contributed by atoms with Gasteiger partial charge in [0, 0.05) is 10.5 Å². The Kier molecular flexibility index (Phi) is 0.684. The highest BCUT2D eigenvalue weighted by Gasteiger charge is 2.67. The molecule has 4 unspecified atom stereocenters. The molecule has 3 heteroatoms. The van der Waals surface area contributed by atoms with E-state index in [1.807, 2.05) is 17.8 Å². The molecule has 9 heavy (non-hydrogen) atoms. The van der Waals surface area contributed by atoms with E-state index in [1.54, 1.807) is 6.08 Å². The average molecular weight is 160 g/mol. The van der Waals surface area contributed by atoms with E-state index in [0.717, 1.165) is 0 Å². The van der Waals surface area contributed by atoms with E-state index in [9.17, 15) is 4.39 Å². The zero-order valence-electron chi connectivity index (χ0n) is 4.58. The fourth-order valence-corrected chi connectivity index (χ4v) is 3.93. The molecule has 0 aromatic heterocycles. The van der Waals surface area contributed by atoms with Crippen LogP contribution in [-0.2, 0) is 0 Å². The third-order valence-electron chi connectivity index (χ3n) is 2.01. The van der Waals surface area contributed by atoms with Crippen LogP contribution >= 0.6 is 23.5 Å². The molecular formula is C6H5FS2. The third-order valence-corrected chi connectivity index (χ3v) is 4.90. The lowest BCUT2D eigenvalue weighted by atomic mass is 10.1. The standard InChI is InChI=1S/C6H5FS2/c7-6-2-1-3-4(8-3)5(6)9-6/h1-5H. The van der Waals surface area contributed by atoms with Crippen LogP contribution in [0.15, 0.2) is 12.2 Å². The van der Waals surface area contributed by atoms with Crippen LogP contribution in [0.25, 0.3) is 0 Å². The van der Waals surface area contributed by atoms with Crippen molar-refractivity contribution in [2.45, 2.75) is 20.8 Å². The van der Waals surface area contributed by atoms with Crippen LogP contribution in [0.1, 0.15) is 0 Å². The molecule has 2 heterocycles. The van der Waals surface area contributed by atoms with Crippen molar-refractivity contribution in [2.75, 3.05) is 0 Å². The lowest BCUT2D eigenvalue weighted by molar-refractivity contribution is 0.390. The van der Waals surface area contributed by atoms with Crippen LogP contribution in [-0.4, -0.2) is 20.8 Å². The van der Waals surface area contributed by atoms with Gasteiger partial charge in [-0.3, -0.25) is 0 Å². The van der Waals surface area contributed by atoms with Crippen molar-refractivity contribution in [1.82, 2.24) is 0 Å². The molecule has 0 bridgehead atoms. The van der Waals surface area contributed by atoms with E-state index < -0.39 is 5.00 Å². The van der Waals surface area contributed by atoms with E-state index >= 15 is 0 Å². The highest BCUT2D eigenvalue weighted by atomic mass is 32.2. The van der Waals surface area contributed by atoms with Gasteiger partial charge in [-0.2, -0.15) is 0 Å². The molecule has 0 aromatic rings. The summed E-state index contributed by atoms with van der Waals surface area (Å²) in [6.45, 7) is 0. The van der Waals surface area contributed by atoms with Crippen molar-refractivity contribution in [3.63, 3.8) is 0 Å². The van der Waals surface area contributed by atoms with E-state index in [4.69, 9.17) is 0 Å². The highest BCUT2D eigenvalue weighted by molar-refractivity contribution is 8.13. The number of hydrogen-bond acceptors (Lipinski definition) is 2. The fraction of sp³-hybridized carbons (Fsp3) is 0.667. The summed E-state index contributed by atoms with van der Waals surface area (Å²) in [5.41, 5.74) is 0. The van der Waals surface area contributed by atoms with Gasteiger partial charge in [0.05, 0.1) is 5.25 Å². The van der Waals surface area contributed by atoms with Crippen molar-refractivity contribution in [1.29, 1.82) is 0 Å². The van der Waals surface area contributed by atoms with Gasteiger partial charge in [-0.05, 0) is 6.08 Å². The molecule has 48 valence electrons. The van der Waals surface area contributed by atoms with Crippen LogP contribution in [0.2, 0.25) is 0 Å². The fourth-order valence-electron chi connectivity index (χ4n) is 1.35. The van der Waals surface area contributed by atoms with E-state index in [-0.39, 0.29) is 0 Å². The summed E-state index contributed by atoms with van der Waals surface area (Å²) >= 11 is 3.38. The second kappa shape index (κ2) is 1.21. The van der Waals surface area contributed by atoms with Gasteiger partial charge in [0.2, 0.25) is 0 Å². The molecule has 4 atom stereocenters. The molecule has 0 N–H and O–H groups in total. The molecule has 2 fully saturated rings. The first-order valence-electron chi connectivity index (χ1n) is 3.01. The molecule has 3 aliphatic rings. The summed E-state index contributed by atoms with van der Waals surface area (Å²) in [5, 5.41) is 0.696. The van der Waals surface area contributed by atoms with Crippen molar-refractivity contribution in [2.24, 2.45) is 0 Å². The van der Waals surface area contributed by atoms with Gasteiger partial charge in [-0.1, -0.05) is 6.08 Å². The maximum absolute atomic E-state index is 13.1. The molecule has 0 nitrogen and oxygen atoms in total. The van der Waals surface area contributed by atoms with Crippen LogP contribution in [0.5, 0.6) is 0 Å². The van der Waals surface area contributed by atoms with Crippen LogP contribution in [0.3, 0.4) is 0 Å². The SMILES string of the molecule is FC12C=CC3SC3C1S2. The Bertz CT molecular complexity index is 203. The van der Waals surface area contributed by atoms with Gasteiger partial charge in [0.25, 0.3) is 0 Å². The molecule has 1 aliphatic carbocycles. The summed E-state index contributed by atoms with van der Waals surface area (Å²) in [5.74, 6) is 0. The highest BCUT2D eigenvalue weighted by Crippen LogP contribution is 2.69. The minimum Gasteiger partial charge on any atom is -0.226 e. The molecule has 0 spiro atoms. The molecule has 0 saturated carbocycles. The number of rotatable bonds is 0. The maximum atomic E-state index is 13.1. The van der Waals surface area contributed by atoms with Crippen LogP contribution < -0.4 is 0 Å². The van der Waals surface area contributed by atoms with Crippen molar-refractivity contribution in [3.05, 3.63) is 12.2 Å². The molecule has 3 rings (SSSR count). The predicted molar refractivity (Wildman–Crippen MR) is 39.5 cm³/mol. The molecule has 0 radical (unpaired) electrons. The zero-order valence-corrected chi connectivity index (χ0v) is 6.21. The maximum Gasteiger partial charge on any atom is 0.188 e. The largest absolute Gasteiger partial charge is 0.226 e. The van der Waals surface area contributed by atoms with Crippen molar-refractivity contribution < 1.29 is 4.39 Å². The second-order valence-corrected chi connectivity index (χ2v) is 5.39. The average Bonchev–Trinajstić information content (AvgIpc) is 2.52. The van der Waals surface area contributed by atoms with E-state index in [0.29, 0.717) is 15.7 Å². The molecule has 0 amide bonds. The molecular weight excluding hydrogens is 155 g/mol. The van der Waals surface area contributed by atoms with Gasteiger partial charge in [0.1, 0.15) is 0 Å². The predicted octanol–water partition coefficient (Wildman–Crippen LogP) is 1.82. The molecule has 2 saturated heterocycles. The van der Waals surface area contributed by atoms with Crippen LogP contribution in [0.4, 0.5) is 4.39 Å². The lowest BCUT2D eigenvalue weighted by Gasteiger charge is -1.99. The van der Waals surface area contributed by atoms with Gasteiger partial charge in [-0.25, -0.2) is 4.39 Å². The first kappa shape index (κ1) is 5.08. The number of alkyl halides is 1. The number of hydrogen-bond donors (Lipinski definition) is 0. The lowest BCUT2D eigenvalue weighted by Crippen LogP contribution is -2.14. The van der Waals surface area contributed by atoms with E-state index in [1.165, 1.54) is 11.8 Å².